The minimum Gasteiger partial charge on any atom is -0.481 e. The molecule has 0 aromatic rings. The first-order valence-corrected chi connectivity index (χ1v) is 3.02. The summed E-state index contributed by atoms with van der Waals surface area (Å²) in [6, 6.07) is 0. The van der Waals surface area contributed by atoms with Crippen LogP contribution in [0.2, 0.25) is 0 Å². The van der Waals surface area contributed by atoms with E-state index in [1.807, 2.05) is 6.92 Å². The molecular weight excluding hydrogens is 134 g/mol. The zero-order valence-corrected chi connectivity index (χ0v) is 6.13. The standard InChI is InChI=1S/C6H11NO3/c1-3-10-5(2)7-4-6(8)9/h3-4H2,1-2H3,(H,8,9). The van der Waals surface area contributed by atoms with Crippen LogP contribution in [0.15, 0.2) is 4.99 Å². The highest BCUT2D eigenvalue weighted by Crippen LogP contribution is 1.81. The molecule has 4 heteroatoms. The second-order valence-corrected chi connectivity index (χ2v) is 1.66. The first kappa shape index (κ1) is 8.94. The van der Waals surface area contributed by atoms with Gasteiger partial charge < -0.3 is 9.84 Å². The molecule has 58 valence electrons. The van der Waals surface area contributed by atoms with Crippen molar-refractivity contribution >= 4 is 11.9 Å². The lowest BCUT2D eigenvalue weighted by molar-refractivity contribution is -0.135. The molecule has 0 radical (unpaired) electrons. The molecule has 0 aliphatic carbocycles. The Morgan fingerprint density at radius 1 is 1.70 bits per heavy atom. The molecule has 4 nitrogen and oxygen atoms in total. The van der Waals surface area contributed by atoms with Gasteiger partial charge >= 0.3 is 5.97 Å². The Kier molecular flexibility index (Phi) is 4.28. The molecular formula is C6H11NO3. The SMILES string of the molecule is CCOC(C)=NCC(=O)O. The van der Waals surface area contributed by atoms with E-state index >= 15 is 0 Å². The quantitative estimate of drug-likeness (QED) is 0.465. The number of rotatable bonds is 3. The minimum absolute atomic E-state index is 0.216. The van der Waals surface area contributed by atoms with Crippen molar-refractivity contribution in [1.82, 2.24) is 0 Å². The second-order valence-electron chi connectivity index (χ2n) is 1.66. The summed E-state index contributed by atoms with van der Waals surface area (Å²) in [6.45, 7) is 3.76. The summed E-state index contributed by atoms with van der Waals surface area (Å²) < 4.78 is 4.88. The van der Waals surface area contributed by atoms with Crippen molar-refractivity contribution < 1.29 is 14.6 Å². The number of carboxylic acid groups (broad SMARTS) is 1. The normalized spacial score (nSPS) is 11.2. The molecule has 10 heavy (non-hydrogen) atoms. The van der Waals surface area contributed by atoms with Gasteiger partial charge in [0.05, 0.1) is 6.61 Å². The number of aliphatic carboxylic acids is 1. The zero-order chi connectivity index (χ0) is 7.98. The lowest BCUT2D eigenvalue weighted by Gasteiger charge is -1.98. The molecule has 0 aliphatic rings. The number of carbonyl (C=O) groups is 1. The Bertz CT molecular complexity index is 142. The predicted octanol–water partition coefficient (Wildman–Crippen LogP) is 0.526. The van der Waals surface area contributed by atoms with Crippen molar-refractivity contribution in [2.45, 2.75) is 13.8 Å². The average Bonchev–Trinajstić information content (AvgIpc) is 1.85. The van der Waals surface area contributed by atoms with Gasteiger partial charge in [-0.05, 0) is 6.92 Å². The summed E-state index contributed by atoms with van der Waals surface area (Å²) >= 11 is 0. The monoisotopic (exact) mass is 145 g/mol. The molecule has 0 bridgehead atoms. The highest BCUT2D eigenvalue weighted by atomic mass is 16.5. The maximum absolute atomic E-state index is 9.95. The van der Waals surface area contributed by atoms with Gasteiger partial charge in [0.15, 0.2) is 5.90 Å². The van der Waals surface area contributed by atoms with E-state index in [1.165, 1.54) is 0 Å². The molecule has 0 saturated heterocycles. The number of aliphatic imine (C=N–C) groups is 1. The minimum atomic E-state index is -0.945. The molecule has 0 heterocycles. The third-order valence-corrected chi connectivity index (χ3v) is 0.790. The van der Waals surface area contributed by atoms with Crippen LogP contribution >= 0.6 is 0 Å². The van der Waals surface area contributed by atoms with Crippen molar-refractivity contribution in [2.24, 2.45) is 4.99 Å². The first-order chi connectivity index (χ1) is 4.66. The number of hydrogen-bond donors (Lipinski definition) is 1. The second kappa shape index (κ2) is 4.78. The van der Waals surface area contributed by atoms with E-state index in [4.69, 9.17) is 9.84 Å². The van der Waals surface area contributed by atoms with Crippen molar-refractivity contribution in [3.8, 4) is 0 Å². The van der Waals surface area contributed by atoms with Crippen LogP contribution < -0.4 is 0 Å². The molecule has 0 fully saturated rings. The summed E-state index contributed by atoms with van der Waals surface area (Å²) in [5.74, 6) is -0.524. The summed E-state index contributed by atoms with van der Waals surface area (Å²) in [4.78, 5) is 13.6. The van der Waals surface area contributed by atoms with Crippen LogP contribution in [0.5, 0.6) is 0 Å². The van der Waals surface area contributed by atoms with E-state index in [2.05, 4.69) is 4.99 Å². The number of carboxylic acids is 1. The number of nitrogens with zero attached hydrogens (tertiary/aromatic N) is 1. The molecule has 0 spiro atoms. The van der Waals surface area contributed by atoms with Gasteiger partial charge in [0.25, 0.3) is 0 Å². The Morgan fingerprint density at radius 3 is 2.70 bits per heavy atom. The largest absolute Gasteiger partial charge is 0.481 e. The van der Waals surface area contributed by atoms with Crippen LogP contribution in [0.1, 0.15) is 13.8 Å². The van der Waals surface area contributed by atoms with Gasteiger partial charge in [-0.2, -0.15) is 0 Å². The van der Waals surface area contributed by atoms with Crippen LogP contribution in [0, 0.1) is 0 Å². The van der Waals surface area contributed by atoms with Gasteiger partial charge in [0.1, 0.15) is 6.54 Å². The maximum atomic E-state index is 9.95. The van der Waals surface area contributed by atoms with Crippen molar-refractivity contribution in [2.75, 3.05) is 13.2 Å². The fourth-order valence-electron chi connectivity index (χ4n) is 0.433. The van der Waals surface area contributed by atoms with Gasteiger partial charge in [0, 0.05) is 6.92 Å². The predicted molar refractivity (Wildman–Crippen MR) is 37.2 cm³/mol. The molecule has 0 rings (SSSR count). The van der Waals surface area contributed by atoms with Crippen molar-refractivity contribution in [3.63, 3.8) is 0 Å². The number of hydrogen-bond acceptors (Lipinski definition) is 3. The summed E-state index contributed by atoms with van der Waals surface area (Å²) in [7, 11) is 0. The molecule has 0 aliphatic heterocycles. The van der Waals surface area contributed by atoms with Gasteiger partial charge in [-0.15, -0.1) is 0 Å². The molecule has 0 amide bonds. The molecule has 0 unspecified atom stereocenters. The molecule has 0 aromatic heterocycles. The van der Waals surface area contributed by atoms with Gasteiger partial charge in [-0.1, -0.05) is 0 Å². The fraction of sp³-hybridized carbons (Fsp3) is 0.667. The van der Waals surface area contributed by atoms with E-state index in [1.54, 1.807) is 6.92 Å². The highest BCUT2D eigenvalue weighted by Gasteiger charge is 1.93. The van der Waals surface area contributed by atoms with Crippen LogP contribution in [-0.2, 0) is 9.53 Å². The van der Waals surface area contributed by atoms with Gasteiger partial charge in [-0.3, -0.25) is 4.79 Å². The lowest BCUT2D eigenvalue weighted by atomic mass is 10.6. The maximum Gasteiger partial charge on any atom is 0.325 e. The third-order valence-electron chi connectivity index (χ3n) is 0.790. The Morgan fingerprint density at radius 2 is 2.30 bits per heavy atom. The topological polar surface area (TPSA) is 58.9 Å². The molecule has 0 atom stereocenters. The first-order valence-electron chi connectivity index (χ1n) is 3.02. The van der Waals surface area contributed by atoms with Crippen LogP contribution in [0.4, 0.5) is 0 Å². The van der Waals surface area contributed by atoms with Crippen LogP contribution in [0.25, 0.3) is 0 Å². The van der Waals surface area contributed by atoms with E-state index in [0.29, 0.717) is 12.5 Å². The Balaban J connectivity index is 3.57. The summed E-state index contributed by atoms with van der Waals surface area (Å²) in [5, 5.41) is 8.17. The van der Waals surface area contributed by atoms with Crippen LogP contribution in [0.3, 0.4) is 0 Å². The molecule has 0 aromatic carbocycles. The summed E-state index contributed by atoms with van der Waals surface area (Å²) in [6.07, 6.45) is 0. The van der Waals surface area contributed by atoms with Gasteiger partial charge in [0.2, 0.25) is 0 Å². The third kappa shape index (κ3) is 5.08. The van der Waals surface area contributed by atoms with Gasteiger partial charge in [-0.25, -0.2) is 4.99 Å². The zero-order valence-electron chi connectivity index (χ0n) is 6.13. The molecule has 0 saturated carbocycles. The average molecular weight is 145 g/mol. The van der Waals surface area contributed by atoms with E-state index in [9.17, 15) is 4.79 Å². The summed E-state index contributed by atoms with van der Waals surface area (Å²) in [5.41, 5.74) is 0. The highest BCUT2D eigenvalue weighted by molar-refractivity contribution is 5.77. The Labute approximate surface area is 59.5 Å². The van der Waals surface area contributed by atoms with Crippen molar-refractivity contribution in [1.29, 1.82) is 0 Å². The van der Waals surface area contributed by atoms with E-state index in [-0.39, 0.29) is 6.54 Å². The van der Waals surface area contributed by atoms with Crippen molar-refractivity contribution in [3.05, 3.63) is 0 Å². The van der Waals surface area contributed by atoms with Crippen LogP contribution in [-0.4, -0.2) is 30.1 Å². The Hall–Kier alpha value is -1.06. The molecule has 1 N–H and O–H groups in total. The fourth-order valence-corrected chi connectivity index (χ4v) is 0.433. The van der Waals surface area contributed by atoms with E-state index < -0.39 is 5.97 Å². The lowest BCUT2D eigenvalue weighted by Crippen LogP contribution is -2.05. The smallest absolute Gasteiger partial charge is 0.325 e. The van der Waals surface area contributed by atoms with E-state index in [0.717, 1.165) is 0 Å². The number of ether oxygens (including phenoxy) is 1.